The number of thiazole rings is 1. The molecule has 1 amide bonds. The number of aliphatic hydroxyl groups excluding tert-OH is 1. The third kappa shape index (κ3) is 6.12. The lowest BCUT2D eigenvalue weighted by molar-refractivity contribution is -0.160. The molecule has 0 saturated carbocycles. The Kier molecular flexibility index (Phi) is 7.76. The number of esters is 1. The van der Waals surface area contributed by atoms with Gasteiger partial charge >= 0.3 is 5.97 Å². The van der Waals surface area contributed by atoms with Gasteiger partial charge in [0.15, 0.2) is 0 Å². The normalized spacial score (nSPS) is 14.2. The van der Waals surface area contributed by atoms with Gasteiger partial charge in [-0.1, -0.05) is 36.4 Å². The fourth-order valence-electron chi connectivity index (χ4n) is 4.53. The van der Waals surface area contributed by atoms with Gasteiger partial charge in [-0.25, -0.2) is 4.98 Å². The van der Waals surface area contributed by atoms with E-state index in [4.69, 9.17) is 14.6 Å². The van der Waals surface area contributed by atoms with Gasteiger partial charge in [-0.3, -0.25) is 9.59 Å². The Morgan fingerprint density at radius 3 is 2.42 bits per heavy atom. The molecule has 1 aliphatic rings. The number of hydrogen-bond donors (Lipinski definition) is 2. The Morgan fingerprint density at radius 1 is 1.08 bits per heavy atom. The van der Waals surface area contributed by atoms with Crippen LogP contribution in [0.4, 0.5) is 0 Å². The van der Waals surface area contributed by atoms with Crippen molar-refractivity contribution in [1.82, 2.24) is 10.3 Å². The summed E-state index contributed by atoms with van der Waals surface area (Å²) in [6, 6.07) is 15.5. The average Bonchev–Trinajstić information content (AvgIpc) is 3.45. The van der Waals surface area contributed by atoms with Gasteiger partial charge in [0.05, 0.1) is 30.7 Å². The lowest BCUT2D eigenvalue weighted by Crippen LogP contribution is -2.44. The van der Waals surface area contributed by atoms with Crippen molar-refractivity contribution in [2.45, 2.75) is 52.2 Å². The molecule has 0 atom stereocenters. The van der Waals surface area contributed by atoms with E-state index >= 15 is 0 Å². The first-order chi connectivity index (χ1) is 17.2. The zero-order valence-corrected chi connectivity index (χ0v) is 21.7. The molecule has 0 bridgehead atoms. The van der Waals surface area contributed by atoms with Crippen LogP contribution < -0.4 is 10.1 Å². The van der Waals surface area contributed by atoms with Crippen molar-refractivity contribution in [3.8, 4) is 17.0 Å². The zero-order valence-electron chi connectivity index (χ0n) is 20.9. The summed E-state index contributed by atoms with van der Waals surface area (Å²) in [5, 5.41) is 14.8. The summed E-state index contributed by atoms with van der Waals surface area (Å²) in [7, 11) is 0. The molecule has 36 heavy (non-hydrogen) atoms. The summed E-state index contributed by atoms with van der Waals surface area (Å²) >= 11 is 1.45. The molecule has 8 heteroatoms. The number of nitrogens with zero attached hydrogens (tertiary/aromatic N) is 1. The lowest BCUT2D eigenvalue weighted by Gasteiger charge is -2.29. The predicted octanol–water partition coefficient (Wildman–Crippen LogP) is 4.31. The molecule has 0 saturated heterocycles. The van der Waals surface area contributed by atoms with Crippen LogP contribution in [0, 0.1) is 5.41 Å². The van der Waals surface area contributed by atoms with Crippen LogP contribution in [0.25, 0.3) is 11.3 Å². The molecule has 0 radical (unpaired) electrons. The fourth-order valence-corrected chi connectivity index (χ4v) is 5.27. The first kappa shape index (κ1) is 25.9. The van der Waals surface area contributed by atoms with Gasteiger partial charge in [-0.05, 0) is 56.9 Å². The number of carbonyl (C=O) groups is 2. The molecule has 190 valence electrons. The molecule has 7 nitrogen and oxygen atoms in total. The van der Waals surface area contributed by atoms with E-state index in [-0.39, 0.29) is 38.1 Å². The van der Waals surface area contributed by atoms with E-state index < -0.39 is 11.0 Å². The fraction of sp³-hybridized carbons (Fsp3) is 0.393. The Balaban J connectivity index is 1.48. The summed E-state index contributed by atoms with van der Waals surface area (Å²) in [5.74, 6) is 0.0990. The minimum atomic E-state index is -0.892. The molecule has 4 rings (SSSR count). The smallest absolute Gasteiger partial charge is 0.307 e. The minimum Gasteiger partial charge on any atom is -0.490 e. The number of nitrogens with one attached hydrogen (secondary N) is 1. The molecule has 0 aliphatic heterocycles. The quantitative estimate of drug-likeness (QED) is 0.418. The molecule has 3 aromatic rings. The van der Waals surface area contributed by atoms with Gasteiger partial charge in [0.1, 0.15) is 23.0 Å². The Labute approximate surface area is 215 Å². The van der Waals surface area contributed by atoms with Crippen LogP contribution in [0.1, 0.15) is 43.3 Å². The van der Waals surface area contributed by atoms with E-state index in [1.165, 1.54) is 11.3 Å². The maximum absolute atomic E-state index is 13.6. The number of carbonyl (C=O) groups excluding carboxylic acids is 2. The summed E-state index contributed by atoms with van der Waals surface area (Å²) < 4.78 is 11.2. The van der Waals surface area contributed by atoms with Crippen LogP contribution in [0.15, 0.2) is 53.9 Å². The second-order valence-corrected chi connectivity index (χ2v) is 11.0. The maximum Gasteiger partial charge on any atom is 0.307 e. The predicted molar refractivity (Wildman–Crippen MR) is 139 cm³/mol. The van der Waals surface area contributed by atoms with Gasteiger partial charge in [0.25, 0.3) is 0 Å². The van der Waals surface area contributed by atoms with E-state index in [1.807, 2.05) is 74.7 Å². The number of benzene rings is 2. The Bertz CT molecular complexity index is 1210. The maximum atomic E-state index is 13.6. The molecular weight excluding hydrogens is 476 g/mol. The molecular formula is C28H32N2O5S. The van der Waals surface area contributed by atoms with E-state index in [1.54, 1.807) is 0 Å². The monoisotopic (exact) mass is 508 g/mol. The second-order valence-electron chi connectivity index (χ2n) is 10.0. The largest absolute Gasteiger partial charge is 0.490 e. The van der Waals surface area contributed by atoms with Crippen LogP contribution in [-0.4, -0.2) is 40.8 Å². The molecule has 2 aromatic carbocycles. The average molecular weight is 509 g/mol. The zero-order chi connectivity index (χ0) is 25.8. The van der Waals surface area contributed by atoms with Crippen molar-refractivity contribution in [2.75, 3.05) is 13.2 Å². The number of rotatable bonds is 9. The lowest BCUT2D eigenvalue weighted by atomic mass is 9.80. The van der Waals surface area contributed by atoms with Crippen molar-refractivity contribution in [3.63, 3.8) is 0 Å². The van der Waals surface area contributed by atoms with Crippen LogP contribution >= 0.6 is 11.3 Å². The number of aromatic nitrogens is 1. The van der Waals surface area contributed by atoms with Crippen molar-refractivity contribution < 1.29 is 24.2 Å². The number of fused-ring (bicyclic) bond motifs is 1. The minimum absolute atomic E-state index is 0.0173. The first-order valence-corrected chi connectivity index (χ1v) is 12.9. The highest BCUT2D eigenvalue weighted by atomic mass is 32.1. The summed E-state index contributed by atoms with van der Waals surface area (Å²) in [5.41, 5.74) is 2.24. The van der Waals surface area contributed by atoms with E-state index in [0.717, 1.165) is 27.4 Å². The summed E-state index contributed by atoms with van der Waals surface area (Å²) in [4.78, 5) is 31.0. The van der Waals surface area contributed by atoms with Gasteiger partial charge < -0.3 is 19.9 Å². The van der Waals surface area contributed by atoms with Gasteiger partial charge in [0, 0.05) is 10.9 Å². The molecule has 0 fully saturated rings. The first-order valence-electron chi connectivity index (χ1n) is 12.0. The third-order valence-corrected chi connectivity index (χ3v) is 6.87. The molecule has 1 aromatic heterocycles. The van der Waals surface area contributed by atoms with Crippen molar-refractivity contribution in [3.05, 3.63) is 70.0 Å². The van der Waals surface area contributed by atoms with Gasteiger partial charge in [0.2, 0.25) is 5.91 Å². The molecule has 0 unspecified atom stereocenters. The molecule has 2 N–H and O–H groups in total. The number of hydrogen-bond acceptors (Lipinski definition) is 7. The number of amides is 1. The topological polar surface area (TPSA) is 97.8 Å². The standard InChI is InChI=1S/C28H32N2O5S/c1-27(2,3)35-25(32)16-28(14-19-8-4-5-9-20(19)15-28)26(33)29-17-24-30-22(18-36-24)21-10-6-7-11-23(21)34-13-12-31/h4-11,18,31H,12-17H2,1-3H3,(H,29,33). The molecule has 0 spiro atoms. The summed E-state index contributed by atoms with van der Waals surface area (Å²) in [6.45, 7) is 5.87. The van der Waals surface area contributed by atoms with E-state index in [9.17, 15) is 9.59 Å². The summed E-state index contributed by atoms with van der Waals surface area (Å²) in [6.07, 6.45) is 1.00. The van der Waals surface area contributed by atoms with E-state index in [0.29, 0.717) is 18.6 Å². The van der Waals surface area contributed by atoms with Crippen LogP contribution in [0.5, 0.6) is 5.75 Å². The van der Waals surface area contributed by atoms with Crippen molar-refractivity contribution in [1.29, 1.82) is 0 Å². The van der Waals surface area contributed by atoms with E-state index in [2.05, 4.69) is 10.3 Å². The highest BCUT2D eigenvalue weighted by Gasteiger charge is 2.46. The van der Waals surface area contributed by atoms with Gasteiger partial charge in [-0.15, -0.1) is 11.3 Å². The Hall–Kier alpha value is -3.23. The number of para-hydroxylation sites is 1. The van der Waals surface area contributed by atoms with Crippen molar-refractivity contribution >= 4 is 23.2 Å². The highest BCUT2D eigenvalue weighted by Crippen LogP contribution is 2.41. The number of aliphatic hydroxyl groups is 1. The second kappa shape index (κ2) is 10.8. The SMILES string of the molecule is CC(C)(C)OC(=O)CC1(C(=O)NCc2nc(-c3ccccc3OCCO)cs2)Cc2ccccc2C1. The van der Waals surface area contributed by atoms with Gasteiger partial charge in [-0.2, -0.15) is 0 Å². The third-order valence-electron chi connectivity index (χ3n) is 6.02. The van der Waals surface area contributed by atoms with Crippen LogP contribution in [0.3, 0.4) is 0 Å². The van der Waals surface area contributed by atoms with Crippen LogP contribution in [0.2, 0.25) is 0 Å². The van der Waals surface area contributed by atoms with Crippen LogP contribution in [-0.2, 0) is 33.7 Å². The molecule has 1 aliphatic carbocycles. The molecule has 1 heterocycles. The number of ether oxygens (including phenoxy) is 2. The highest BCUT2D eigenvalue weighted by molar-refractivity contribution is 7.09. The Morgan fingerprint density at radius 2 is 1.75 bits per heavy atom. The van der Waals surface area contributed by atoms with Crippen molar-refractivity contribution in [2.24, 2.45) is 5.41 Å².